The average Bonchev–Trinajstić information content (AvgIpc) is 2.04. The maximum absolute atomic E-state index is 10.1. The predicted molar refractivity (Wildman–Crippen MR) is 53.8 cm³/mol. The molecule has 3 heteroatoms. The van der Waals surface area contributed by atoms with E-state index in [1.807, 2.05) is 6.92 Å². The quantitative estimate of drug-likeness (QED) is 0.764. The Morgan fingerprint density at radius 1 is 1.23 bits per heavy atom. The zero-order valence-corrected chi connectivity index (χ0v) is 10.7. The number of nitrogens with zero attached hydrogens (tertiary/aromatic N) is 1. The fourth-order valence-electron chi connectivity index (χ4n) is 1.52. The molecule has 1 N–H and O–H groups in total. The molecule has 0 saturated carbocycles. The molecule has 0 spiro atoms. The molecule has 0 fully saturated rings. The molecule has 0 atom stereocenters. The molecule has 13 heavy (non-hydrogen) atoms. The van der Waals surface area contributed by atoms with Gasteiger partial charge in [0.05, 0.1) is 0 Å². The smallest absolute Gasteiger partial charge is 0.102 e. The van der Waals surface area contributed by atoms with E-state index < -0.39 is 5.60 Å². The largest absolute Gasteiger partial charge is 0.384 e. The predicted octanol–water partition coefficient (Wildman–Crippen LogP) is 2.41. The molecular weight excluding hydrogens is 323 g/mol. The van der Waals surface area contributed by atoms with Gasteiger partial charge in [0.25, 0.3) is 0 Å². The van der Waals surface area contributed by atoms with E-state index in [9.17, 15) is 5.11 Å². The van der Waals surface area contributed by atoms with Crippen LogP contribution in [0.3, 0.4) is 0 Å². The van der Waals surface area contributed by atoms with E-state index in [2.05, 4.69) is 18.8 Å². The minimum absolute atomic E-state index is 0. The Morgan fingerprint density at radius 2 is 1.62 bits per heavy atom. The van der Waals surface area contributed by atoms with Crippen molar-refractivity contribution < 1.29 is 52.0 Å². The van der Waals surface area contributed by atoms with Gasteiger partial charge in [-0.2, -0.15) is 0 Å². The molecule has 86 valence electrons. The van der Waals surface area contributed by atoms with Crippen LogP contribution in [-0.2, 0) is 0 Å². The van der Waals surface area contributed by atoms with Crippen molar-refractivity contribution in [1.82, 2.24) is 0 Å². The summed E-state index contributed by atoms with van der Waals surface area (Å²) in [5.74, 6) is 0. The van der Waals surface area contributed by atoms with Gasteiger partial charge >= 0.3 is 0 Å². The van der Waals surface area contributed by atoms with E-state index in [0.29, 0.717) is 0 Å². The first-order valence-corrected chi connectivity index (χ1v) is 4.77. The number of aliphatic hydroxyl groups is 1. The van der Waals surface area contributed by atoms with Crippen molar-refractivity contribution in [1.29, 1.82) is 0 Å². The van der Waals surface area contributed by atoms with Crippen LogP contribution in [0.25, 0.3) is 0 Å². The third kappa shape index (κ3) is 5.56. The Labute approximate surface area is 120 Å². The van der Waals surface area contributed by atoms with E-state index in [1.165, 1.54) is 0 Å². The summed E-state index contributed by atoms with van der Waals surface area (Å²) in [6.45, 7) is 6.08. The van der Waals surface area contributed by atoms with E-state index in [1.54, 1.807) is 7.05 Å². The second kappa shape index (κ2) is 8.46. The second-order valence-electron chi connectivity index (χ2n) is 3.34. The fourth-order valence-corrected chi connectivity index (χ4v) is 1.52. The van der Waals surface area contributed by atoms with Crippen molar-refractivity contribution in [2.45, 2.75) is 52.1 Å². The van der Waals surface area contributed by atoms with Gasteiger partial charge in [-0.15, -0.1) is 0 Å². The molecule has 0 bridgehead atoms. The zero-order valence-electron chi connectivity index (χ0n) is 8.99. The molecule has 0 heterocycles. The Kier molecular flexibility index (Phi) is 10.8. The summed E-state index contributed by atoms with van der Waals surface area (Å²) in [6, 6.07) is 0. The molecule has 0 aliphatic heterocycles. The number of hydrogen-bond donors (Lipinski definition) is 1. The molecule has 0 saturated heterocycles. The summed E-state index contributed by atoms with van der Waals surface area (Å²) >= 11 is 0. The van der Waals surface area contributed by atoms with Crippen LogP contribution in [0, 0.1) is 46.9 Å². The molecule has 0 aromatic heterocycles. The zero-order chi connectivity index (χ0) is 9.61. The molecule has 0 amide bonds. The monoisotopic (exact) mass is 345 g/mol. The number of aliphatic imine (C=N–C) groups is 1. The molecule has 0 aromatic carbocycles. The van der Waals surface area contributed by atoms with Crippen molar-refractivity contribution in [2.24, 2.45) is 4.99 Å². The first kappa shape index (κ1) is 16.6. The van der Waals surface area contributed by atoms with Crippen LogP contribution in [-0.4, -0.2) is 23.5 Å². The Hall–Kier alpha value is 1.15. The summed E-state index contributed by atoms with van der Waals surface area (Å²) in [6.07, 6.45) is 3.65. The molecule has 2 nitrogen and oxygen atoms in total. The van der Waals surface area contributed by atoms with Crippen molar-refractivity contribution in [3.63, 3.8) is 0 Å². The molecule has 0 radical (unpaired) electrons. The molecule has 0 unspecified atom stereocenters. The van der Waals surface area contributed by atoms with Crippen LogP contribution < -0.4 is 0 Å². The first-order chi connectivity index (χ1) is 5.60. The number of rotatable bonds is 5. The fraction of sp³-hybridized carbons (Fsp3) is 0.900. The second-order valence-corrected chi connectivity index (χ2v) is 3.34. The van der Waals surface area contributed by atoms with Crippen LogP contribution in [0.5, 0.6) is 0 Å². The summed E-state index contributed by atoms with van der Waals surface area (Å²) < 4.78 is 0. The van der Waals surface area contributed by atoms with Gasteiger partial charge in [0.2, 0.25) is 0 Å². The van der Waals surface area contributed by atoms with Crippen molar-refractivity contribution in [3.8, 4) is 0 Å². The maximum Gasteiger partial charge on any atom is 0.102 e. The van der Waals surface area contributed by atoms with Crippen molar-refractivity contribution >= 4 is 5.71 Å². The summed E-state index contributed by atoms with van der Waals surface area (Å²) in [5.41, 5.74) is 0.226. The molecular formula is C10H21NOYb. The van der Waals surface area contributed by atoms with E-state index in [4.69, 9.17) is 0 Å². The summed E-state index contributed by atoms with van der Waals surface area (Å²) in [7, 11) is 1.74. The normalized spacial score (nSPS) is 12.5. The van der Waals surface area contributed by atoms with E-state index in [0.717, 1.165) is 31.4 Å². The van der Waals surface area contributed by atoms with Gasteiger partial charge in [-0.3, -0.25) is 4.99 Å². The summed E-state index contributed by atoms with van der Waals surface area (Å²) in [4.78, 5) is 4.06. The van der Waals surface area contributed by atoms with Crippen molar-refractivity contribution in [2.75, 3.05) is 7.05 Å². The third-order valence-corrected chi connectivity index (χ3v) is 2.34. The first-order valence-electron chi connectivity index (χ1n) is 4.77. The van der Waals surface area contributed by atoms with Gasteiger partial charge in [-0.1, -0.05) is 26.7 Å². The van der Waals surface area contributed by atoms with Gasteiger partial charge in [-0.25, -0.2) is 0 Å². The minimum Gasteiger partial charge on any atom is -0.384 e. The molecule has 0 aromatic rings. The average molecular weight is 344 g/mol. The van der Waals surface area contributed by atoms with Crippen LogP contribution in [0.2, 0.25) is 0 Å². The Bertz CT molecular complexity index is 151. The van der Waals surface area contributed by atoms with Gasteiger partial charge in [0.1, 0.15) is 5.60 Å². The van der Waals surface area contributed by atoms with Crippen molar-refractivity contribution in [3.05, 3.63) is 0 Å². The van der Waals surface area contributed by atoms with Crippen LogP contribution in [0.1, 0.15) is 46.5 Å². The third-order valence-electron chi connectivity index (χ3n) is 2.34. The minimum atomic E-state index is -0.641. The van der Waals surface area contributed by atoms with E-state index >= 15 is 0 Å². The van der Waals surface area contributed by atoms with Gasteiger partial charge in [0.15, 0.2) is 0 Å². The SMILES string of the molecule is CCCC(O)(CCC)C(C)=NC.[Yb]. The Balaban J connectivity index is 0. The van der Waals surface area contributed by atoms with E-state index in [-0.39, 0.29) is 46.9 Å². The molecule has 0 rings (SSSR count). The standard InChI is InChI=1S/C10H21NO.Yb/c1-5-7-10(12,8-6-2)9(3)11-4;/h12H,5-8H2,1-4H3;. The summed E-state index contributed by atoms with van der Waals surface area (Å²) in [5, 5.41) is 10.1. The number of hydrogen-bond acceptors (Lipinski definition) is 2. The van der Waals surface area contributed by atoms with Gasteiger partial charge in [-0.05, 0) is 19.8 Å². The Morgan fingerprint density at radius 3 is 1.85 bits per heavy atom. The molecule has 0 aliphatic rings. The van der Waals surface area contributed by atoms with Crippen LogP contribution >= 0.6 is 0 Å². The molecule has 0 aliphatic carbocycles. The van der Waals surface area contributed by atoms with Crippen LogP contribution in [0.4, 0.5) is 0 Å². The van der Waals surface area contributed by atoms with Gasteiger partial charge in [0, 0.05) is 59.7 Å². The van der Waals surface area contributed by atoms with Crippen LogP contribution in [0.15, 0.2) is 4.99 Å². The topological polar surface area (TPSA) is 32.6 Å². The maximum atomic E-state index is 10.1. The van der Waals surface area contributed by atoms with Gasteiger partial charge < -0.3 is 5.11 Å².